The molecule has 0 spiro atoms. The number of hydrogen-bond donors (Lipinski definition) is 1. The molecule has 0 amide bonds. The Labute approximate surface area is 79.1 Å². The maximum Gasteiger partial charge on any atom is 0.390 e. The summed E-state index contributed by atoms with van der Waals surface area (Å²) in [5, 5.41) is 6.51. The Bertz CT molecular complexity index is 281. The van der Waals surface area contributed by atoms with Crippen molar-refractivity contribution in [1.82, 2.24) is 20.1 Å². The first-order chi connectivity index (χ1) is 6.53. The maximum absolute atomic E-state index is 11.9. The Morgan fingerprint density at radius 2 is 2.21 bits per heavy atom. The normalized spacial score (nSPS) is 12.0. The Balaban J connectivity index is 2.53. The minimum absolute atomic E-state index is 0.180. The lowest BCUT2D eigenvalue weighted by atomic mass is 10.4. The molecule has 1 heterocycles. The number of rotatable bonds is 4. The Hall–Kier alpha value is -1.11. The van der Waals surface area contributed by atoms with Gasteiger partial charge in [-0.2, -0.15) is 18.3 Å². The van der Waals surface area contributed by atoms with Gasteiger partial charge in [-0.15, -0.1) is 0 Å². The second-order valence-corrected chi connectivity index (χ2v) is 2.79. The van der Waals surface area contributed by atoms with E-state index in [2.05, 4.69) is 15.4 Å². The smallest absolute Gasteiger partial charge is 0.313 e. The lowest BCUT2D eigenvalue weighted by Gasteiger charge is -2.07. The minimum atomic E-state index is -4.15. The second-order valence-electron chi connectivity index (χ2n) is 2.79. The fourth-order valence-electron chi connectivity index (χ4n) is 1.00. The van der Waals surface area contributed by atoms with Crippen LogP contribution in [-0.4, -0.2) is 28.0 Å². The van der Waals surface area contributed by atoms with Crippen molar-refractivity contribution in [2.45, 2.75) is 25.7 Å². The number of nitrogens with one attached hydrogen (secondary N) is 1. The fourth-order valence-corrected chi connectivity index (χ4v) is 1.00. The zero-order chi connectivity index (χ0) is 10.6. The number of alkyl halides is 3. The molecule has 0 bridgehead atoms. The Morgan fingerprint density at radius 1 is 1.50 bits per heavy atom. The first-order valence-electron chi connectivity index (χ1n) is 4.11. The van der Waals surface area contributed by atoms with E-state index in [0.29, 0.717) is 12.4 Å². The van der Waals surface area contributed by atoms with E-state index >= 15 is 0 Å². The second kappa shape index (κ2) is 4.41. The lowest BCUT2D eigenvalue weighted by molar-refractivity contribution is -0.137. The first-order valence-corrected chi connectivity index (χ1v) is 4.11. The van der Waals surface area contributed by atoms with Crippen LogP contribution in [0.5, 0.6) is 0 Å². The van der Waals surface area contributed by atoms with Gasteiger partial charge in [0.1, 0.15) is 12.2 Å². The highest BCUT2D eigenvalue weighted by Crippen LogP contribution is 2.20. The average molecular weight is 208 g/mol. The van der Waals surface area contributed by atoms with Gasteiger partial charge in [0.15, 0.2) is 0 Å². The molecule has 0 saturated heterocycles. The number of aryl methyl sites for hydroxylation is 1. The monoisotopic (exact) mass is 208 g/mol. The molecule has 14 heavy (non-hydrogen) atoms. The highest BCUT2D eigenvalue weighted by molar-refractivity contribution is 4.83. The number of halogens is 3. The van der Waals surface area contributed by atoms with Gasteiger partial charge in [-0.3, -0.25) is 0 Å². The molecule has 1 aromatic rings. The van der Waals surface area contributed by atoms with Crippen molar-refractivity contribution in [3.8, 4) is 0 Å². The van der Waals surface area contributed by atoms with Gasteiger partial charge >= 0.3 is 6.18 Å². The third-order valence-corrected chi connectivity index (χ3v) is 1.64. The van der Waals surface area contributed by atoms with E-state index in [0.717, 1.165) is 0 Å². The number of nitrogens with zero attached hydrogens (tertiary/aromatic N) is 3. The molecular formula is C7H11F3N4. The zero-order valence-corrected chi connectivity index (χ0v) is 7.67. The van der Waals surface area contributed by atoms with Gasteiger partial charge in [-0.25, -0.2) is 9.67 Å². The van der Waals surface area contributed by atoms with Crippen molar-refractivity contribution in [1.29, 1.82) is 0 Å². The summed E-state index contributed by atoms with van der Waals surface area (Å²) in [7, 11) is 1.70. The van der Waals surface area contributed by atoms with E-state index in [4.69, 9.17) is 0 Å². The maximum atomic E-state index is 11.9. The molecule has 7 heteroatoms. The number of aromatic nitrogens is 3. The highest BCUT2D eigenvalue weighted by Gasteiger charge is 2.27. The molecule has 0 aliphatic carbocycles. The summed E-state index contributed by atoms with van der Waals surface area (Å²) >= 11 is 0. The molecule has 0 saturated carbocycles. The van der Waals surface area contributed by atoms with Gasteiger partial charge in [0.25, 0.3) is 0 Å². The van der Waals surface area contributed by atoms with Crippen LogP contribution in [0.25, 0.3) is 0 Å². The molecule has 0 atom stereocenters. The van der Waals surface area contributed by atoms with Gasteiger partial charge in [0, 0.05) is 0 Å². The number of hydrogen-bond acceptors (Lipinski definition) is 3. The van der Waals surface area contributed by atoms with Gasteiger partial charge in [0.05, 0.1) is 19.5 Å². The van der Waals surface area contributed by atoms with Crippen molar-refractivity contribution in [2.24, 2.45) is 0 Å². The average Bonchev–Trinajstić information content (AvgIpc) is 2.48. The summed E-state index contributed by atoms with van der Waals surface area (Å²) in [6.07, 6.45) is -3.78. The van der Waals surface area contributed by atoms with Crippen LogP contribution >= 0.6 is 0 Å². The SMILES string of the molecule is CNCc1ncnn1CCC(F)(F)F. The van der Waals surface area contributed by atoms with E-state index in [1.807, 2.05) is 0 Å². The quantitative estimate of drug-likeness (QED) is 0.801. The summed E-state index contributed by atoms with van der Waals surface area (Å²) in [4.78, 5) is 3.83. The summed E-state index contributed by atoms with van der Waals surface area (Å²) in [6.45, 7) is 0.234. The van der Waals surface area contributed by atoms with Gasteiger partial charge in [0.2, 0.25) is 0 Å². The highest BCUT2D eigenvalue weighted by atomic mass is 19.4. The zero-order valence-electron chi connectivity index (χ0n) is 7.67. The van der Waals surface area contributed by atoms with Crippen molar-refractivity contribution < 1.29 is 13.2 Å². The fraction of sp³-hybridized carbons (Fsp3) is 0.714. The van der Waals surface area contributed by atoms with E-state index in [9.17, 15) is 13.2 Å². The molecule has 1 N–H and O–H groups in total. The molecule has 0 fully saturated rings. The Morgan fingerprint density at radius 3 is 2.79 bits per heavy atom. The van der Waals surface area contributed by atoms with Crippen LogP contribution < -0.4 is 5.32 Å². The summed E-state index contributed by atoms with van der Waals surface area (Å²) < 4.78 is 36.9. The molecule has 80 valence electrons. The van der Waals surface area contributed by atoms with Gasteiger partial charge in [-0.05, 0) is 7.05 Å². The molecule has 1 aromatic heterocycles. The molecular weight excluding hydrogens is 197 g/mol. The topological polar surface area (TPSA) is 42.7 Å². The van der Waals surface area contributed by atoms with Crippen LogP contribution in [0.4, 0.5) is 13.2 Å². The van der Waals surface area contributed by atoms with E-state index in [-0.39, 0.29) is 6.54 Å². The van der Waals surface area contributed by atoms with Crippen molar-refractivity contribution in [2.75, 3.05) is 7.05 Å². The lowest BCUT2D eigenvalue weighted by Crippen LogP contribution is -2.17. The molecule has 0 aliphatic heterocycles. The molecule has 0 aliphatic rings. The van der Waals surface area contributed by atoms with Crippen LogP contribution in [0, 0.1) is 0 Å². The van der Waals surface area contributed by atoms with E-state index < -0.39 is 12.6 Å². The van der Waals surface area contributed by atoms with Crippen LogP contribution in [0.2, 0.25) is 0 Å². The van der Waals surface area contributed by atoms with Crippen molar-refractivity contribution in [3.63, 3.8) is 0 Å². The van der Waals surface area contributed by atoms with Gasteiger partial charge in [-0.1, -0.05) is 0 Å². The summed E-state index contributed by atoms with van der Waals surface area (Å²) in [5.41, 5.74) is 0. The third kappa shape index (κ3) is 3.33. The molecule has 0 radical (unpaired) electrons. The molecule has 1 rings (SSSR count). The molecule has 0 unspecified atom stereocenters. The van der Waals surface area contributed by atoms with Crippen molar-refractivity contribution >= 4 is 0 Å². The first kappa shape index (κ1) is 11.0. The summed E-state index contributed by atoms with van der Waals surface area (Å²) in [6, 6.07) is 0. The van der Waals surface area contributed by atoms with E-state index in [1.54, 1.807) is 7.05 Å². The van der Waals surface area contributed by atoms with E-state index in [1.165, 1.54) is 11.0 Å². The van der Waals surface area contributed by atoms with Crippen LogP contribution in [0.1, 0.15) is 12.2 Å². The predicted molar refractivity (Wildman–Crippen MR) is 43.5 cm³/mol. The van der Waals surface area contributed by atoms with Crippen LogP contribution in [0.3, 0.4) is 0 Å². The molecule has 4 nitrogen and oxygen atoms in total. The molecule has 0 aromatic carbocycles. The van der Waals surface area contributed by atoms with Crippen LogP contribution in [-0.2, 0) is 13.1 Å². The third-order valence-electron chi connectivity index (χ3n) is 1.64. The standard InChI is InChI=1S/C7H11F3N4/c1-11-4-6-12-5-13-14(6)3-2-7(8,9)10/h5,11H,2-4H2,1H3. The van der Waals surface area contributed by atoms with Crippen molar-refractivity contribution in [3.05, 3.63) is 12.2 Å². The largest absolute Gasteiger partial charge is 0.390 e. The minimum Gasteiger partial charge on any atom is -0.313 e. The van der Waals surface area contributed by atoms with Crippen LogP contribution in [0.15, 0.2) is 6.33 Å². The Kier molecular flexibility index (Phi) is 3.45. The summed E-state index contributed by atoms with van der Waals surface area (Å²) in [5.74, 6) is 0.511. The van der Waals surface area contributed by atoms with Gasteiger partial charge < -0.3 is 5.32 Å². The predicted octanol–water partition coefficient (Wildman–Crippen LogP) is 0.950.